The summed E-state index contributed by atoms with van der Waals surface area (Å²) in [5.74, 6) is 0. The molecule has 17 aromatic carbocycles. The van der Waals surface area contributed by atoms with Crippen LogP contribution < -0.4 is 26.2 Å². The minimum atomic E-state index is -0.348. The van der Waals surface area contributed by atoms with Crippen molar-refractivity contribution in [3.63, 3.8) is 0 Å². The van der Waals surface area contributed by atoms with E-state index in [1.807, 2.05) is 0 Å². The highest BCUT2D eigenvalue weighted by Gasteiger charge is 2.47. The highest BCUT2D eigenvalue weighted by molar-refractivity contribution is 7.00. The van der Waals surface area contributed by atoms with Crippen molar-refractivity contribution in [1.82, 2.24) is 9.13 Å². The van der Waals surface area contributed by atoms with Crippen molar-refractivity contribution < 1.29 is 0 Å². The van der Waals surface area contributed by atoms with E-state index >= 15 is 0 Å². The summed E-state index contributed by atoms with van der Waals surface area (Å²) in [6.45, 7) is 21.1. The lowest BCUT2D eigenvalue weighted by Gasteiger charge is -2.46. The Morgan fingerprint density at radius 3 is 0.901 bits per heavy atom. The van der Waals surface area contributed by atoms with Gasteiger partial charge in [0.05, 0.1) is 33.4 Å². The third-order valence-electron chi connectivity index (χ3n) is 24.2. The number of anilines is 6. The van der Waals surface area contributed by atoms with Gasteiger partial charge in [0.2, 0.25) is 0 Å². The van der Waals surface area contributed by atoms with Gasteiger partial charge in [-0.2, -0.15) is 0 Å². The van der Waals surface area contributed by atoms with Gasteiger partial charge in [0.25, 0.3) is 6.71 Å². The minimum Gasteiger partial charge on any atom is -0.310 e. The van der Waals surface area contributed by atoms with Crippen molar-refractivity contribution in [1.29, 1.82) is 0 Å². The smallest absolute Gasteiger partial charge is 0.252 e. The molecule has 19 aromatic rings. The van der Waals surface area contributed by atoms with Crippen LogP contribution in [0.15, 0.2) is 340 Å². The lowest BCUT2D eigenvalue weighted by Crippen LogP contribution is -2.61. The van der Waals surface area contributed by atoms with Gasteiger partial charge in [0.15, 0.2) is 0 Å². The van der Waals surface area contributed by atoms with Gasteiger partial charge in [-0.15, -0.1) is 0 Å². The topological polar surface area (TPSA) is 16.3 Å². The molecule has 2 aromatic heterocycles. The number of rotatable bonds is 8. The van der Waals surface area contributed by atoms with Gasteiger partial charge in [0.1, 0.15) is 0 Å². The number of benzene rings is 17. The maximum Gasteiger partial charge on any atom is 0.252 e. The normalized spacial score (nSPS) is 13.0. The van der Waals surface area contributed by atoms with Gasteiger partial charge >= 0.3 is 0 Å². The van der Waals surface area contributed by atoms with Crippen LogP contribution in [0.4, 0.5) is 34.1 Å². The van der Waals surface area contributed by atoms with Crippen molar-refractivity contribution in [3.8, 4) is 55.9 Å². The van der Waals surface area contributed by atoms with Crippen LogP contribution in [0.25, 0.3) is 143 Å². The second kappa shape index (κ2) is 24.8. The molecule has 4 nitrogen and oxygen atoms in total. The first kappa shape index (κ1) is 66.3. The summed E-state index contributed by atoms with van der Waals surface area (Å²) in [5, 5.41) is 14.8. The Balaban J connectivity index is 0.951. The van der Waals surface area contributed by atoms with E-state index in [-0.39, 0.29) is 23.0 Å². The first-order valence-electron chi connectivity index (χ1n) is 39.3. The summed E-state index contributed by atoms with van der Waals surface area (Å²) in [7, 11) is 0. The molecule has 0 aliphatic carbocycles. The van der Waals surface area contributed by atoms with Crippen LogP contribution in [0.3, 0.4) is 0 Å². The van der Waals surface area contributed by atoms with Crippen LogP contribution in [-0.2, 0) is 16.2 Å². The van der Waals surface area contributed by atoms with Crippen LogP contribution in [0.5, 0.6) is 0 Å². The zero-order chi connectivity index (χ0) is 74.9. The first-order valence-corrected chi connectivity index (χ1v) is 39.3. The number of nitrogens with zero attached hydrogens (tertiary/aromatic N) is 4. The van der Waals surface area contributed by atoms with E-state index in [9.17, 15) is 0 Å². The molecule has 0 amide bonds. The molecule has 0 atom stereocenters. The van der Waals surface area contributed by atoms with Crippen LogP contribution in [0.2, 0.25) is 0 Å². The van der Waals surface area contributed by atoms with Gasteiger partial charge in [-0.1, -0.05) is 353 Å². The second-order valence-corrected chi connectivity index (χ2v) is 33.9. The maximum atomic E-state index is 2.73. The number of para-hydroxylation sites is 2. The fourth-order valence-corrected chi connectivity index (χ4v) is 19.2. The van der Waals surface area contributed by atoms with E-state index in [0.29, 0.717) is 0 Å². The van der Waals surface area contributed by atoms with Gasteiger partial charge in [-0.25, -0.2) is 0 Å². The Hall–Kier alpha value is -13.0. The molecule has 0 saturated carbocycles. The number of hydrogen-bond acceptors (Lipinski definition) is 2. The van der Waals surface area contributed by atoms with Crippen LogP contribution in [0, 0.1) is 0 Å². The van der Waals surface area contributed by atoms with Crippen molar-refractivity contribution in [2.24, 2.45) is 0 Å². The molecule has 2 aliphatic heterocycles. The van der Waals surface area contributed by atoms with E-state index in [0.717, 1.165) is 90.0 Å². The molecular formula is C106H83BN4. The minimum absolute atomic E-state index is 0.131. The monoisotopic (exact) mass is 1420 g/mol. The summed E-state index contributed by atoms with van der Waals surface area (Å²) in [6, 6.07) is 130. The Kier molecular flexibility index (Phi) is 14.8. The SMILES string of the molecule is CC(C)(C)c1cc2c3c(c1)N(c1c(-c4ccccc4)cccc1-c1ccccc1)c1cc(-n4c5c6ccccc6ccc5c5cc(C(C)(C)C)c6ccccc6c54)ccc1B3c1ccc(-n3c4c5ccccc5ccc4c4cc(C(C)(C)C)c5ccccc5c43)cc1N2c1c(-c2ccccc2)cccc1-c1ccccc1. The molecule has 5 heteroatoms. The fourth-order valence-electron chi connectivity index (χ4n) is 19.2. The zero-order valence-corrected chi connectivity index (χ0v) is 64.2. The molecule has 0 spiro atoms. The molecule has 0 bridgehead atoms. The maximum absolute atomic E-state index is 2.73. The molecule has 111 heavy (non-hydrogen) atoms. The molecule has 21 rings (SSSR count). The predicted octanol–water partition coefficient (Wildman–Crippen LogP) is 27.1. The summed E-state index contributed by atoms with van der Waals surface area (Å²) in [6.07, 6.45) is 0. The molecule has 2 aliphatic rings. The highest BCUT2D eigenvalue weighted by Crippen LogP contribution is 2.56. The number of aromatic nitrogens is 2. The van der Waals surface area contributed by atoms with Gasteiger partial charge in [-0.05, 0) is 142 Å². The standard InChI is InChI=1S/C106H83BN4/c1-104(2,3)72-60-95-97-96(61-72)111(99-79(68-36-18-12-19-37-68)50-31-51-80(99)69-38-20-13-21-39-69)94-63-74(109-101-76-43-25-23-41-71(76)53-57-86(101)88-65-90(106(7,8)9)82-45-27-29-47-84(82)103(88)109)55-59-92(94)107(97)91-58-54-73(62-93(91)110(95)98-77(66-32-14-10-15-33-66)48-30-49-78(98)67-34-16-11-17-35-67)108-100-75-42-24-22-40-70(75)52-56-85(100)87-64-89(105(4,5)6)81-44-26-28-46-83(81)102(87)108/h10-65H,1-9H3. The van der Waals surface area contributed by atoms with Gasteiger partial charge < -0.3 is 18.9 Å². The van der Waals surface area contributed by atoms with Crippen LogP contribution >= 0.6 is 0 Å². The first-order chi connectivity index (χ1) is 54.0. The Bertz CT molecular complexity index is 6540. The van der Waals surface area contributed by atoms with Crippen molar-refractivity contribution in [3.05, 3.63) is 356 Å². The second-order valence-electron chi connectivity index (χ2n) is 33.9. The Morgan fingerprint density at radius 1 is 0.234 bits per heavy atom. The van der Waals surface area contributed by atoms with E-state index in [4.69, 9.17) is 0 Å². The Morgan fingerprint density at radius 2 is 0.550 bits per heavy atom. The lowest BCUT2D eigenvalue weighted by molar-refractivity contribution is 0.590. The fraction of sp³-hybridized carbons (Fsp3) is 0.113. The third kappa shape index (κ3) is 10.2. The molecule has 0 radical (unpaired) electrons. The highest BCUT2D eigenvalue weighted by atomic mass is 15.2. The Labute approximate surface area is 649 Å². The third-order valence-corrected chi connectivity index (χ3v) is 24.2. The summed E-state index contributed by atoms with van der Waals surface area (Å²) in [4.78, 5) is 5.46. The number of hydrogen-bond donors (Lipinski definition) is 0. The average molecular weight is 1420 g/mol. The molecule has 0 N–H and O–H groups in total. The molecule has 4 heterocycles. The summed E-state index contributed by atoms with van der Waals surface area (Å²) in [5.41, 5.74) is 29.9. The van der Waals surface area contributed by atoms with Crippen molar-refractivity contribution in [2.75, 3.05) is 9.80 Å². The van der Waals surface area contributed by atoms with E-state index in [2.05, 4.69) is 421 Å². The summed E-state index contributed by atoms with van der Waals surface area (Å²) >= 11 is 0. The van der Waals surface area contributed by atoms with E-state index < -0.39 is 0 Å². The largest absolute Gasteiger partial charge is 0.310 e. The molecule has 0 fully saturated rings. The van der Waals surface area contributed by atoms with Crippen LogP contribution in [0.1, 0.15) is 79.0 Å². The quantitative estimate of drug-likeness (QED) is 0.141. The molecular weight excluding hydrogens is 1340 g/mol. The van der Waals surface area contributed by atoms with Gasteiger partial charge in [0, 0.05) is 99.5 Å². The van der Waals surface area contributed by atoms with E-state index in [1.165, 1.54) is 120 Å². The average Bonchev–Trinajstić information content (AvgIpc) is 1.07. The molecule has 0 unspecified atom stereocenters. The zero-order valence-electron chi connectivity index (χ0n) is 64.2. The number of fused-ring (bicyclic) bond motifs is 18. The lowest BCUT2D eigenvalue weighted by atomic mass is 9.33. The van der Waals surface area contributed by atoms with Crippen LogP contribution in [-0.4, -0.2) is 15.8 Å². The van der Waals surface area contributed by atoms with Crippen molar-refractivity contribution in [2.45, 2.75) is 78.6 Å². The van der Waals surface area contributed by atoms with Crippen molar-refractivity contribution >= 4 is 144 Å². The van der Waals surface area contributed by atoms with E-state index in [1.54, 1.807) is 0 Å². The molecule has 0 saturated heterocycles. The molecule has 530 valence electrons. The van der Waals surface area contributed by atoms with Gasteiger partial charge in [-0.3, -0.25) is 0 Å². The summed E-state index contributed by atoms with van der Waals surface area (Å²) < 4.78 is 5.29. The predicted molar refractivity (Wildman–Crippen MR) is 477 cm³/mol.